The van der Waals surface area contributed by atoms with Crippen molar-refractivity contribution in [3.8, 4) is 34.2 Å². The fourth-order valence-corrected chi connectivity index (χ4v) is 2.75. The summed E-state index contributed by atoms with van der Waals surface area (Å²) in [6.07, 6.45) is 0. The van der Waals surface area contributed by atoms with Crippen molar-refractivity contribution in [3.63, 3.8) is 0 Å². The number of phenolic OH excluding ortho intramolecular Hbond substituents is 2. The van der Waals surface area contributed by atoms with Crippen LogP contribution in [0.1, 0.15) is 42.7 Å². The second kappa shape index (κ2) is 7.59. The smallest absolute Gasteiger partial charge is 0.321 e. The molecular weight excluding hydrogens is 366 g/mol. The summed E-state index contributed by atoms with van der Waals surface area (Å²) in [7, 11) is 1.61. The molecule has 3 rings (SSSR count). The highest BCUT2D eigenvalue weighted by Gasteiger charge is 2.29. The van der Waals surface area contributed by atoms with Gasteiger partial charge in [0, 0.05) is 19.7 Å². The van der Waals surface area contributed by atoms with E-state index in [0.29, 0.717) is 12.1 Å². The zero-order valence-electron chi connectivity index (χ0n) is 15.9. The molecule has 0 aliphatic carbocycles. The van der Waals surface area contributed by atoms with Gasteiger partial charge in [0.2, 0.25) is 5.82 Å². The van der Waals surface area contributed by atoms with Gasteiger partial charge in [-0.05, 0) is 24.5 Å². The van der Waals surface area contributed by atoms with E-state index in [2.05, 4.69) is 25.9 Å². The van der Waals surface area contributed by atoms with E-state index in [4.69, 9.17) is 9.05 Å². The van der Waals surface area contributed by atoms with Gasteiger partial charge < -0.3 is 29.9 Å². The van der Waals surface area contributed by atoms with Crippen LogP contribution in [0.4, 0.5) is 6.01 Å². The Kier molecular flexibility index (Phi) is 5.21. The van der Waals surface area contributed by atoms with Gasteiger partial charge in [0.15, 0.2) is 11.5 Å². The number of aromatic nitrogens is 3. The highest BCUT2D eigenvalue weighted by molar-refractivity contribution is 6.01. The molecule has 3 aromatic rings. The van der Waals surface area contributed by atoms with E-state index in [1.165, 1.54) is 6.07 Å². The van der Waals surface area contributed by atoms with Gasteiger partial charge in [-0.3, -0.25) is 4.79 Å². The first-order valence-electron chi connectivity index (χ1n) is 8.73. The summed E-state index contributed by atoms with van der Waals surface area (Å²) < 4.78 is 10.5. The summed E-state index contributed by atoms with van der Waals surface area (Å²) >= 11 is 0. The van der Waals surface area contributed by atoms with Gasteiger partial charge in [0.25, 0.3) is 5.91 Å². The number of rotatable bonds is 6. The summed E-state index contributed by atoms with van der Waals surface area (Å²) in [5, 5.41) is 33.6. The molecule has 1 amide bonds. The van der Waals surface area contributed by atoms with Crippen LogP contribution >= 0.6 is 0 Å². The molecule has 0 unspecified atom stereocenters. The van der Waals surface area contributed by atoms with Crippen LogP contribution in [0.15, 0.2) is 21.2 Å². The third-order valence-electron chi connectivity index (χ3n) is 4.12. The molecule has 0 radical (unpaired) electrons. The maximum absolute atomic E-state index is 12.4. The van der Waals surface area contributed by atoms with Crippen molar-refractivity contribution in [2.24, 2.45) is 0 Å². The first-order valence-corrected chi connectivity index (χ1v) is 8.73. The number of anilines is 1. The Morgan fingerprint density at radius 3 is 2.54 bits per heavy atom. The van der Waals surface area contributed by atoms with Crippen LogP contribution in [0.25, 0.3) is 22.7 Å². The minimum Gasteiger partial charge on any atom is -0.508 e. The first kappa shape index (κ1) is 19.2. The number of benzene rings is 1. The number of aromatic hydroxyl groups is 2. The van der Waals surface area contributed by atoms with Gasteiger partial charge in [-0.15, -0.1) is 0 Å². The molecule has 10 heteroatoms. The number of carbonyl (C=O) groups is 1. The lowest BCUT2D eigenvalue weighted by molar-refractivity contribution is 0.0947. The van der Waals surface area contributed by atoms with E-state index < -0.39 is 5.91 Å². The molecule has 28 heavy (non-hydrogen) atoms. The van der Waals surface area contributed by atoms with E-state index in [-0.39, 0.29) is 51.8 Å². The van der Waals surface area contributed by atoms with Crippen molar-refractivity contribution < 1.29 is 24.1 Å². The molecule has 0 aliphatic heterocycles. The molecule has 0 spiro atoms. The van der Waals surface area contributed by atoms with Gasteiger partial charge in [0.1, 0.15) is 17.1 Å². The van der Waals surface area contributed by atoms with Crippen molar-refractivity contribution in [2.45, 2.75) is 26.7 Å². The maximum Gasteiger partial charge on any atom is 0.321 e. The fraction of sp³-hybridized carbons (Fsp3) is 0.333. The Morgan fingerprint density at radius 1 is 1.18 bits per heavy atom. The number of nitrogens with zero attached hydrogens (tertiary/aromatic N) is 3. The zero-order chi connectivity index (χ0) is 20.4. The summed E-state index contributed by atoms with van der Waals surface area (Å²) in [4.78, 5) is 16.6. The average molecular weight is 387 g/mol. The quantitative estimate of drug-likeness (QED) is 0.501. The van der Waals surface area contributed by atoms with Crippen molar-refractivity contribution in [1.82, 2.24) is 20.6 Å². The highest BCUT2D eigenvalue weighted by atomic mass is 16.5. The van der Waals surface area contributed by atoms with Gasteiger partial charge in [0.05, 0.1) is 5.56 Å². The van der Waals surface area contributed by atoms with Crippen molar-refractivity contribution in [2.75, 3.05) is 18.9 Å². The predicted octanol–water partition coefficient (Wildman–Crippen LogP) is 2.72. The molecule has 4 N–H and O–H groups in total. The molecule has 2 heterocycles. The Balaban J connectivity index is 2.25. The Bertz CT molecular complexity index is 1010. The van der Waals surface area contributed by atoms with Crippen LogP contribution in [0, 0.1) is 0 Å². The minimum atomic E-state index is -0.481. The third-order valence-corrected chi connectivity index (χ3v) is 4.12. The van der Waals surface area contributed by atoms with E-state index >= 15 is 0 Å². The van der Waals surface area contributed by atoms with Crippen molar-refractivity contribution >= 4 is 11.9 Å². The number of phenols is 2. The lowest BCUT2D eigenvalue weighted by atomic mass is 9.96. The number of amides is 1. The van der Waals surface area contributed by atoms with Crippen LogP contribution in [0.3, 0.4) is 0 Å². The molecule has 0 bridgehead atoms. The third kappa shape index (κ3) is 3.36. The second-order valence-electron chi connectivity index (χ2n) is 6.35. The predicted molar refractivity (Wildman–Crippen MR) is 100 cm³/mol. The monoisotopic (exact) mass is 387 g/mol. The largest absolute Gasteiger partial charge is 0.508 e. The summed E-state index contributed by atoms with van der Waals surface area (Å²) in [5.41, 5.74) is 0.972. The number of nitrogens with one attached hydrogen (secondary N) is 2. The summed E-state index contributed by atoms with van der Waals surface area (Å²) in [5.74, 6) is -0.623. The first-order chi connectivity index (χ1) is 13.4. The highest BCUT2D eigenvalue weighted by Crippen LogP contribution is 2.42. The van der Waals surface area contributed by atoms with Crippen LogP contribution in [0.2, 0.25) is 0 Å². The second-order valence-corrected chi connectivity index (χ2v) is 6.35. The topological polar surface area (TPSA) is 147 Å². The van der Waals surface area contributed by atoms with Gasteiger partial charge >= 0.3 is 6.01 Å². The Labute approximate surface area is 160 Å². The zero-order valence-corrected chi connectivity index (χ0v) is 15.9. The maximum atomic E-state index is 12.4. The molecule has 148 valence electrons. The summed E-state index contributed by atoms with van der Waals surface area (Å²) in [6.45, 7) is 5.95. The molecule has 0 saturated heterocycles. The van der Waals surface area contributed by atoms with E-state index in [1.807, 2.05) is 13.8 Å². The van der Waals surface area contributed by atoms with E-state index in [9.17, 15) is 15.0 Å². The van der Waals surface area contributed by atoms with Crippen LogP contribution in [-0.2, 0) is 0 Å². The lowest BCUT2D eigenvalue weighted by Gasteiger charge is -2.11. The summed E-state index contributed by atoms with van der Waals surface area (Å²) in [6, 6.07) is 2.94. The van der Waals surface area contributed by atoms with E-state index in [0.717, 1.165) is 0 Å². The molecule has 2 aromatic heterocycles. The average Bonchev–Trinajstić information content (AvgIpc) is 3.28. The van der Waals surface area contributed by atoms with Crippen LogP contribution < -0.4 is 10.6 Å². The Morgan fingerprint density at radius 2 is 1.93 bits per heavy atom. The normalized spacial score (nSPS) is 11.0. The molecule has 10 nitrogen and oxygen atoms in total. The molecule has 0 fully saturated rings. The SMILES string of the molecule is CCNC(=O)c1noc(-c2cc(C(C)C)c(O)cc2O)c1-c1noc(NC)n1. The van der Waals surface area contributed by atoms with E-state index in [1.54, 1.807) is 20.0 Å². The van der Waals surface area contributed by atoms with Crippen molar-refractivity contribution in [1.29, 1.82) is 0 Å². The number of hydrogen-bond acceptors (Lipinski definition) is 9. The molecule has 0 atom stereocenters. The minimum absolute atomic E-state index is 0.0188. The van der Waals surface area contributed by atoms with Gasteiger partial charge in [-0.25, -0.2) is 0 Å². The Hall–Kier alpha value is -3.56. The molecular formula is C18H21N5O5. The number of carbonyl (C=O) groups excluding carboxylic acids is 1. The van der Waals surface area contributed by atoms with Crippen LogP contribution in [-0.4, -0.2) is 45.0 Å². The molecule has 0 aliphatic rings. The standard InChI is InChI=1S/C18H21N5O5/c1-5-20-17(26)14-13(16-21-18(19-4)28-23-16)15(27-22-14)10-6-9(8(2)3)11(24)7-12(10)25/h6-8,24-25H,5H2,1-4H3,(H,20,26)(H,19,21,23). The fourth-order valence-electron chi connectivity index (χ4n) is 2.75. The lowest BCUT2D eigenvalue weighted by Crippen LogP contribution is -2.23. The molecule has 1 aromatic carbocycles. The van der Waals surface area contributed by atoms with Gasteiger partial charge in [-0.2, -0.15) is 4.98 Å². The van der Waals surface area contributed by atoms with Crippen molar-refractivity contribution in [3.05, 3.63) is 23.4 Å². The van der Waals surface area contributed by atoms with Crippen LogP contribution in [0.5, 0.6) is 11.5 Å². The number of hydrogen-bond donors (Lipinski definition) is 4. The van der Waals surface area contributed by atoms with Gasteiger partial charge in [-0.1, -0.05) is 24.2 Å². The molecule has 0 saturated carbocycles.